The third-order valence-electron chi connectivity index (χ3n) is 3.95. The first-order chi connectivity index (χ1) is 12.5. The topological polar surface area (TPSA) is 51.1 Å². The molecule has 1 heterocycles. The Bertz CT molecular complexity index is 1010. The normalized spacial score (nSPS) is 10.6. The van der Waals surface area contributed by atoms with Gasteiger partial charge in [-0.2, -0.15) is 0 Å². The highest BCUT2D eigenvalue weighted by molar-refractivity contribution is 6.30. The lowest BCUT2D eigenvalue weighted by Crippen LogP contribution is -2.33. The summed E-state index contributed by atoms with van der Waals surface area (Å²) in [6.45, 7) is 1.98. The van der Waals surface area contributed by atoms with Gasteiger partial charge in [0.2, 0.25) is 0 Å². The Kier molecular flexibility index (Phi) is 5.19. The highest BCUT2D eigenvalue weighted by Crippen LogP contribution is 2.15. The minimum absolute atomic E-state index is 0.0256. The Morgan fingerprint density at radius 3 is 2.54 bits per heavy atom. The van der Waals surface area contributed by atoms with E-state index in [2.05, 4.69) is 5.32 Å². The van der Waals surface area contributed by atoms with Gasteiger partial charge in [0.15, 0.2) is 0 Å². The van der Waals surface area contributed by atoms with E-state index in [-0.39, 0.29) is 17.9 Å². The molecule has 0 atom stereocenters. The second-order valence-electron chi connectivity index (χ2n) is 5.82. The van der Waals surface area contributed by atoms with E-state index in [0.29, 0.717) is 16.4 Å². The van der Waals surface area contributed by atoms with Gasteiger partial charge in [0.25, 0.3) is 11.5 Å². The lowest BCUT2D eigenvalue weighted by atomic mass is 10.2. The highest BCUT2D eigenvalue weighted by atomic mass is 35.5. The molecule has 0 saturated heterocycles. The third-order valence-corrected chi connectivity index (χ3v) is 4.19. The summed E-state index contributed by atoms with van der Waals surface area (Å²) >= 11 is 6.01. The first-order valence-corrected chi connectivity index (χ1v) is 8.35. The summed E-state index contributed by atoms with van der Waals surface area (Å²) in [4.78, 5) is 25.3. The fourth-order valence-corrected chi connectivity index (χ4v) is 2.80. The van der Waals surface area contributed by atoms with Crippen molar-refractivity contribution >= 4 is 17.5 Å². The van der Waals surface area contributed by atoms with Crippen molar-refractivity contribution in [2.45, 2.75) is 13.5 Å². The molecule has 132 valence electrons. The van der Waals surface area contributed by atoms with Gasteiger partial charge in [0.05, 0.1) is 5.69 Å². The Labute approximate surface area is 154 Å². The number of aromatic nitrogens is 1. The van der Waals surface area contributed by atoms with E-state index < -0.39 is 11.5 Å². The zero-order valence-corrected chi connectivity index (χ0v) is 14.8. The van der Waals surface area contributed by atoms with E-state index in [0.717, 1.165) is 5.56 Å². The van der Waals surface area contributed by atoms with Crippen LogP contribution in [0.4, 0.5) is 4.39 Å². The molecule has 4 nitrogen and oxygen atoms in total. The van der Waals surface area contributed by atoms with Crippen LogP contribution < -0.4 is 10.9 Å². The zero-order chi connectivity index (χ0) is 18.7. The van der Waals surface area contributed by atoms with Gasteiger partial charge in [0.1, 0.15) is 11.4 Å². The first kappa shape index (κ1) is 17.9. The molecule has 3 rings (SSSR count). The Morgan fingerprint density at radius 1 is 1.12 bits per heavy atom. The maximum Gasteiger partial charge on any atom is 0.268 e. The van der Waals surface area contributed by atoms with E-state index in [1.807, 2.05) is 0 Å². The maximum atomic E-state index is 12.9. The molecule has 0 unspecified atom stereocenters. The number of halogens is 2. The van der Waals surface area contributed by atoms with Crippen LogP contribution in [0.5, 0.6) is 0 Å². The maximum absolute atomic E-state index is 12.9. The molecular weight excluding hydrogens is 355 g/mol. The number of pyridine rings is 1. The number of rotatable bonds is 4. The Morgan fingerprint density at radius 2 is 1.85 bits per heavy atom. The number of nitrogens with one attached hydrogen (secondary N) is 1. The van der Waals surface area contributed by atoms with E-state index in [1.165, 1.54) is 22.8 Å². The summed E-state index contributed by atoms with van der Waals surface area (Å²) in [7, 11) is 0. The summed E-state index contributed by atoms with van der Waals surface area (Å²) in [6.07, 6.45) is 0. The van der Waals surface area contributed by atoms with Crippen LogP contribution >= 0.6 is 11.6 Å². The SMILES string of the molecule is Cc1ccc(C(=O)NCc2ccc(F)cc2)c(=O)n1-c1cccc(Cl)c1. The standard InChI is InChI=1S/C20H16ClFN2O2/c1-13-5-10-18(19(25)23-12-14-6-8-16(22)9-7-14)20(26)24(13)17-4-2-3-15(21)11-17/h2-11H,12H2,1H3,(H,23,25). The average molecular weight is 371 g/mol. The second kappa shape index (κ2) is 7.54. The number of nitrogens with zero attached hydrogens (tertiary/aromatic N) is 1. The lowest BCUT2D eigenvalue weighted by Gasteiger charge is -2.12. The van der Waals surface area contributed by atoms with Crippen LogP contribution in [0.25, 0.3) is 5.69 Å². The number of amides is 1. The third kappa shape index (κ3) is 3.83. The fraction of sp³-hybridized carbons (Fsp3) is 0.100. The monoisotopic (exact) mass is 370 g/mol. The highest BCUT2D eigenvalue weighted by Gasteiger charge is 2.15. The van der Waals surface area contributed by atoms with E-state index >= 15 is 0 Å². The van der Waals surface area contributed by atoms with Crippen LogP contribution in [0.15, 0.2) is 65.5 Å². The first-order valence-electron chi connectivity index (χ1n) is 7.97. The molecule has 3 aromatic rings. The van der Waals surface area contributed by atoms with Crippen molar-refractivity contribution in [3.63, 3.8) is 0 Å². The van der Waals surface area contributed by atoms with E-state index in [4.69, 9.17) is 11.6 Å². The smallest absolute Gasteiger partial charge is 0.268 e. The van der Waals surface area contributed by atoms with E-state index in [1.54, 1.807) is 49.4 Å². The van der Waals surface area contributed by atoms with Gasteiger partial charge in [-0.05, 0) is 55.0 Å². The number of benzene rings is 2. The van der Waals surface area contributed by atoms with Gasteiger partial charge < -0.3 is 5.32 Å². The van der Waals surface area contributed by atoms with Gasteiger partial charge in [-0.25, -0.2) is 4.39 Å². The van der Waals surface area contributed by atoms with Crippen molar-refractivity contribution < 1.29 is 9.18 Å². The molecule has 2 aromatic carbocycles. The summed E-state index contributed by atoms with van der Waals surface area (Å²) in [5.74, 6) is -0.835. The summed E-state index contributed by atoms with van der Waals surface area (Å²) < 4.78 is 14.4. The summed E-state index contributed by atoms with van der Waals surface area (Å²) in [5, 5.41) is 3.18. The second-order valence-corrected chi connectivity index (χ2v) is 6.25. The predicted octanol–water partition coefficient (Wildman–Crippen LogP) is 3.87. The molecule has 1 aromatic heterocycles. The van der Waals surface area contributed by atoms with Crippen LogP contribution in [-0.2, 0) is 6.54 Å². The average Bonchev–Trinajstić information content (AvgIpc) is 2.61. The van der Waals surface area contributed by atoms with Gasteiger partial charge in [-0.3, -0.25) is 14.2 Å². The van der Waals surface area contributed by atoms with Gasteiger partial charge in [-0.1, -0.05) is 29.8 Å². The van der Waals surface area contributed by atoms with Crippen molar-refractivity contribution in [3.8, 4) is 5.69 Å². The van der Waals surface area contributed by atoms with Gasteiger partial charge >= 0.3 is 0 Å². The number of hydrogen-bond donors (Lipinski definition) is 1. The number of hydrogen-bond acceptors (Lipinski definition) is 2. The lowest BCUT2D eigenvalue weighted by molar-refractivity contribution is 0.0949. The van der Waals surface area contributed by atoms with Crippen LogP contribution in [0.3, 0.4) is 0 Å². The molecule has 6 heteroatoms. The molecule has 0 fully saturated rings. The van der Waals surface area contributed by atoms with Crippen LogP contribution in [0, 0.1) is 12.7 Å². The zero-order valence-electron chi connectivity index (χ0n) is 14.0. The minimum Gasteiger partial charge on any atom is -0.348 e. The van der Waals surface area contributed by atoms with Crippen molar-refractivity contribution in [1.82, 2.24) is 9.88 Å². The van der Waals surface area contributed by atoms with Crippen molar-refractivity contribution in [2.24, 2.45) is 0 Å². The number of carbonyl (C=O) groups excluding carboxylic acids is 1. The summed E-state index contributed by atoms with van der Waals surface area (Å²) in [6, 6.07) is 15.9. The molecule has 0 bridgehead atoms. The fourth-order valence-electron chi connectivity index (χ4n) is 2.62. The Balaban J connectivity index is 1.88. The molecule has 1 N–H and O–H groups in total. The molecule has 0 saturated carbocycles. The van der Waals surface area contributed by atoms with Crippen molar-refractivity contribution in [3.05, 3.63) is 98.7 Å². The molecule has 0 aliphatic heterocycles. The van der Waals surface area contributed by atoms with Crippen molar-refractivity contribution in [2.75, 3.05) is 0 Å². The quantitative estimate of drug-likeness (QED) is 0.758. The van der Waals surface area contributed by atoms with Crippen LogP contribution in [0.2, 0.25) is 5.02 Å². The number of carbonyl (C=O) groups is 1. The van der Waals surface area contributed by atoms with Gasteiger partial charge in [0, 0.05) is 17.3 Å². The predicted molar refractivity (Wildman–Crippen MR) is 99.4 cm³/mol. The molecule has 0 spiro atoms. The van der Waals surface area contributed by atoms with Crippen LogP contribution in [-0.4, -0.2) is 10.5 Å². The molecule has 1 amide bonds. The van der Waals surface area contributed by atoms with Crippen LogP contribution in [0.1, 0.15) is 21.6 Å². The molecule has 0 aliphatic rings. The molecule has 0 aliphatic carbocycles. The largest absolute Gasteiger partial charge is 0.348 e. The molecule has 0 radical (unpaired) electrons. The van der Waals surface area contributed by atoms with E-state index in [9.17, 15) is 14.0 Å². The number of aryl methyl sites for hydroxylation is 1. The molecule has 26 heavy (non-hydrogen) atoms. The summed E-state index contributed by atoms with van der Waals surface area (Å²) in [5.41, 5.74) is 1.61. The van der Waals surface area contributed by atoms with Gasteiger partial charge in [-0.15, -0.1) is 0 Å². The Hall–Kier alpha value is -2.92. The van der Waals surface area contributed by atoms with Crippen molar-refractivity contribution in [1.29, 1.82) is 0 Å². The molecular formula is C20H16ClFN2O2. The minimum atomic E-state index is -0.491.